The third-order valence-electron chi connectivity index (χ3n) is 2.73. The monoisotopic (exact) mass is 261 g/mol. The van der Waals surface area contributed by atoms with Crippen molar-refractivity contribution in [2.45, 2.75) is 18.8 Å². The van der Waals surface area contributed by atoms with Gasteiger partial charge >= 0.3 is 0 Å². The highest BCUT2D eigenvalue weighted by Gasteiger charge is 2.29. The van der Waals surface area contributed by atoms with E-state index in [-0.39, 0.29) is 0 Å². The topological polar surface area (TPSA) is 52.5 Å². The Morgan fingerprint density at radius 2 is 2.27 bits per heavy atom. The van der Waals surface area contributed by atoms with Crippen LogP contribution in [-0.4, -0.2) is 9.97 Å². The minimum atomic E-state index is 0.549. The Kier molecular flexibility index (Phi) is 1.83. The van der Waals surface area contributed by atoms with Crippen molar-refractivity contribution < 1.29 is 0 Å². The van der Waals surface area contributed by atoms with Gasteiger partial charge in [-0.15, -0.1) is 0 Å². The highest BCUT2D eigenvalue weighted by Crippen LogP contribution is 2.42. The van der Waals surface area contributed by atoms with Crippen LogP contribution in [-0.2, 0) is 0 Å². The van der Waals surface area contributed by atoms with Gasteiger partial charge in [0.05, 0.1) is 11.1 Å². The molecule has 15 heavy (non-hydrogen) atoms. The third-order valence-corrected chi connectivity index (χ3v) is 3.18. The molecule has 0 saturated heterocycles. The molecule has 2 heterocycles. The molecular weight excluding hydrogens is 254 g/mol. The number of halogens is 1. The molecule has 0 aliphatic heterocycles. The maximum atomic E-state index is 9.15. The number of nitrogens with one attached hydrogen (secondary N) is 1. The molecule has 0 radical (unpaired) electrons. The summed E-state index contributed by atoms with van der Waals surface area (Å²) >= 11 is 3.32. The van der Waals surface area contributed by atoms with Crippen LogP contribution < -0.4 is 0 Å². The van der Waals surface area contributed by atoms with Crippen molar-refractivity contribution in [2.24, 2.45) is 0 Å². The molecule has 1 N–H and O–H groups in total. The van der Waals surface area contributed by atoms with E-state index < -0.39 is 0 Å². The number of hydrogen-bond donors (Lipinski definition) is 1. The predicted molar refractivity (Wildman–Crippen MR) is 60.5 cm³/mol. The molecule has 1 fully saturated rings. The summed E-state index contributed by atoms with van der Waals surface area (Å²) in [6.45, 7) is 0. The van der Waals surface area contributed by atoms with Gasteiger partial charge in [-0.1, -0.05) is 0 Å². The summed E-state index contributed by atoms with van der Waals surface area (Å²) in [7, 11) is 0. The van der Waals surface area contributed by atoms with E-state index in [0.717, 1.165) is 21.3 Å². The second-order valence-electron chi connectivity index (χ2n) is 3.83. The summed E-state index contributed by atoms with van der Waals surface area (Å²) in [5, 5.41) is 9.15. The first-order valence-electron chi connectivity index (χ1n) is 4.88. The van der Waals surface area contributed by atoms with Gasteiger partial charge in [0.15, 0.2) is 0 Å². The zero-order valence-electron chi connectivity index (χ0n) is 7.92. The van der Waals surface area contributed by atoms with E-state index in [0.29, 0.717) is 11.5 Å². The number of rotatable bonds is 1. The van der Waals surface area contributed by atoms with Crippen LogP contribution in [0.2, 0.25) is 0 Å². The molecule has 4 heteroatoms. The fourth-order valence-corrected chi connectivity index (χ4v) is 2.16. The lowest BCUT2D eigenvalue weighted by molar-refractivity contribution is 1.05. The molecule has 0 atom stereocenters. The van der Waals surface area contributed by atoms with Crippen LogP contribution in [0.3, 0.4) is 0 Å². The largest absolute Gasteiger partial charge is 0.356 e. The molecular formula is C11H8BrN3. The quantitative estimate of drug-likeness (QED) is 0.803. The van der Waals surface area contributed by atoms with Crippen LogP contribution in [0.5, 0.6) is 0 Å². The molecule has 1 aliphatic carbocycles. The third kappa shape index (κ3) is 1.35. The van der Waals surface area contributed by atoms with E-state index in [1.165, 1.54) is 12.8 Å². The number of aromatic amines is 1. The molecule has 2 aromatic heterocycles. The summed E-state index contributed by atoms with van der Waals surface area (Å²) in [4.78, 5) is 7.64. The average Bonchev–Trinajstić information content (AvgIpc) is 3.00. The molecule has 74 valence electrons. The molecule has 3 rings (SSSR count). The molecule has 2 aromatic rings. The number of nitrogens with zero attached hydrogens (tertiary/aromatic N) is 2. The Labute approximate surface area is 95.3 Å². The summed E-state index contributed by atoms with van der Waals surface area (Å²) in [5.74, 6) is 0.549. The van der Waals surface area contributed by atoms with Crippen molar-refractivity contribution >= 4 is 27.0 Å². The first-order valence-corrected chi connectivity index (χ1v) is 5.67. The summed E-state index contributed by atoms with van der Waals surface area (Å²) in [6.07, 6.45) is 2.37. The molecule has 0 bridgehead atoms. The maximum Gasteiger partial charge on any atom is 0.107 e. The molecule has 0 amide bonds. The predicted octanol–water partition coefficient (Wildman–Crippen LogP) is 3.07. The molecule has 1 aliphatic rings. The Bertz CT molecular complexity index is 575. The second kappa shape index (κ2) is 3.07. The summed E-state index contributed by atoms with van der Waals surface area (Å²) < 4.78 is 0.771. The van der Waals surface area contributed by atoms with Crippen molar-refractivity contribution in [3.8, 4) is 6.07 Å². The van der Waals surface area contributed by atoms with Gasteiger partial charge in [-0.25, -0.2) is 4.98 Å². The van der Waals surface area contributed by atoms with Crippen LogP contribution in [0, 0.1) is 11.3 Å². The zero-order chi connectivity index (χ0) is 10.4. The minimum absolute atomic E-state index is 0.549. The van der Waals surface area contributed by atoms with Gasteiger partial charge in [0.2, 0.25) is 0 Å². The van der Waals surface area contributed by atoms with Gasteiger partial charge in [-0.3, -0.25) is 0 Å². The lowest BCUT2D eigenvalue weighted by atomic mass is 10.2. The van der Waals surface area contributed by atoms with E-state index >= 15 is 0 Å². The molecule has 0 aromatic carbocycles. The highest BCUT2D eigenvalue weighted by atomic mass is 79.9. The van der Waals surface area contributed by atoms with E-state index in [1.807, 2.05) is 12.1 Å². The highest BCUT2D eigenvalue weighted by molar-refractivity contribution is 9.10. The van der Waals surface area contributed by atoms with Crippen LogP contribution in [0.4, 0.5) is 0 Å². The van der Waals surface area contributed by atoms with Crippen molar-refractivity contribution in [1.82, 2.24) is 9.97 Å². The lowest BCUT2D eigenvalue weighted by Crippen LogP contribution is -1.83. The number of hydrogen-bond acceptors (Lipinski definition) is 2. The smallest absolute Gasteiger partial charge is 0.107 e. The fraction of sp³-hybridized carbons (Fsp3) is 0.273. The number of fused-ring (bicyclic) bond motifs is 1. The first-order chi connectivity index (χ1) is 7.29. The van der Waals surface area contributed by atoms with E-state index in [2.05, 4.69) is 32.0 Å². The molecule has 0 spiro atoms. The van der Waals surface area contributed by atoms with E-state index in [1.54, 1.807) is 0 Å². The van der Waals surface area contributed by atoms with E-state index in [4.69, 9.17) is 5.26 Å². The second-order valence-corrected chi connectivity index (χ2v) is 4.64. The van der Waals surface area contributed by atoms with E-state index in [9.17, 15) is 0 Å². The summed E-state index contributed by atoms with van der Waals surface area (Å²) in [6, 6.07) is 6.10. The lowest BCUT2D eigenvalue weighted by Gasteiger charge is -1.91. The zero-order valence-corrected chi connectivity index (χ0v) is 9.50. The van der Waals surface area contributed by atoms with Gasteiger partial charge in [0.25, 0.3) is 0 Å². The van der Waals surface area contributed by atoms with Gasteiger partial charge in [0, 0.05) is 11.6 Å². The first kappa shape index (κ1) is 8.93. The van der Waals surface area contributed by atoms with Crippen molar-refractivity contribution in [3.05, 3.63) is 28.0 Å². The fourth-order valence-electron chi connectivity index (χ4n) is 1.85. The van der Waals surface area contributed by atoms with Gasteiger partial charge in [-0.2, -0.15) is 5.26 Å². The summed E-state index contributed by atoms with van der Waals surface area (Å²) in [5.41, 5.74) is 3.53. The van der Waals surface area contributed by atoms with Crippen LogP contribution >= 0.6 is 15.9 Å². The normalized spacial score (nSPS) is 15.5. The van der Waals surface area contributed by atoms with Crippen molar-refractivity contribution in [3.63, 3.8) is 0 Å². The number of aromatic nitrogens is 2. The average molecular weight is 262 g/mol. The number of nitriles is 1. The number of H-pyrrole nitrogens is 1. The van der Waals surface area contributed by atoms with Gasteiger partial charge in [0.1, 0.15) is 16.2 Å². The molecule has 1 saturated carbocycles. The Hall–Kier alpha value is -1.34. The Balaban J connectivity index is 2.34. The number of pyridine rings is 1. The van der Waals surface area contributed by atoms with Crippen molar-refractivity contribution in [2.75, 3.05) is 0 Å². The van der Waals surface area contributed by atoms with Crippen molar-refractivity contribution in [1.29, 1.82) is 5.26 Å². The van der Waals surface area contributed by atoms with Crippen LogP contribution in [0.25, 0.3) is 11.0 Å². The SMILES string of the molecule is N#Cc1c(C2CC2)[nH]c2ccc(Br)nc12. The van der Waals surface area contributed by atoms with Crippen LogP contribution in [0.1, 0.15) is 30.0 Å². The maximum absolute atomic E-state index is 9.15. The van der Waals surface area contributed by atoms with Gasteiger partial charge in [-0.05, 0) is 40.9 Å². The molecule has 3 nitrogen and oxygen atoms in total. The van der Waals surface area contributed by atoms with Crippen LogP contribution in [0.15, 0.2) is 16.7 Å². The van der Waals surface area contributed by atoms with Gasteiger partial charge < -0.3 is 4.98 Å². The Morgan fingerprint density at radius 3 is 2.93 bits per heavy atom. The Morgan fingerprint density at radius 1 is 1.47 bits per heavy atom. The standard InChI is InChI=1S/C11H8BrN3/c12-9-4-3-8-11(15-9)7(5-13)10(14-8)6-1-2-6/h3-4,6,14H,1-2H2. The molecule has 0 unspecified atom stereocenters. The minimum Gasteiger partial charge on any atom is -0.356 e.